The van der Waals surface area contributed by atoms with Crippen LogP contribution in [0.1, 0.15) is 5.56 Å². The lowest BCUT2D eigenvalue weighted by molar-refractivity contribution is 0.241. The van der Waals surface area contributed by atoms with Gasteiger partial charge in [0.05, 0.1) is 0 Å². The van der Waals surface area contributed by atoms with Crippen LogP contribution in [0.2, 0.25) is 0 Å². The maximum Gasteiger partial charge on any atom is 0.315 e. The summed E-state index contributed by atoms with van der Waals surface area (Å²) in [5.41, 5.74) is 1.13. The fraction of sp³-hybridized carbons (Fsp3) is 0.214. The molecule has 2 N–H and O–H groups in total. The number of amides is 2. The first-order valence-corrected chi connectivity index (χ1v) is 6.97. The van der Waals surface area contributed by atoms with Gasteiger partial charge in [-0.15, -0.1) is 0 Å². The summed E-state index contributed by atoms with van der Waals surface area (Å²) in [7, 11) is 0. The van der Waals surface area contributed by atoms with Crippen LogP contribution < -0.4 is 10.6 Å². The molecule has 0 unspecified atom stereocenters. The third kappa shape index (κ3) is 3.23. The van der Waals surface area contributed by atoms with E-state index in [1.807, 2.05) is 24.3 Å². The summed E-state index contributed by atoms with van der Waals surface area (Å²) in [5, 5.41) is 8.74. The highest BCUT2D eigenvalue weighted by Gasteiger charge is 2.02. The normalized spacial score (nSPS) is 10.3. The van der Waals surface area contributed by atoms with Crippen LogP contribution in [0.4, 0.5) is 4.79 Å². The average Bonchev–Trinajstić information content (AvgIpc) is 2.42. The Morgan fingerprint density at radius 3 is 2.67 bits per heavy atom. The number of hydrogen-bond donors (Lipinski definition) is 2. The minimum Gasteiger partial charge on any atom is -0.337 e. The van der Waals surface area contributed by atoms with Gasteiger partial charge < -0.3 is 10.6 Å². The molecule has 4 heteroatoms. The predicted molar refractivity (Wildman–Crippen MR) is 78.0 cm³/mol. The SMILES string of the molecule is O=C(NCCBr)NCc1cccc2ccccc12. The van der Waals surface area contributed by atoms with Crippen LogP contribution in [-0.4, -0.2) is 17.9 Å². The van der Waals surface area contributed by atoms with E-state index < -0.39 is 0 Å². The van der Waals surface area contributed by atoms with Crippen LogP contribution in [0.25, 0.3) is 10.8 Å². The van der Waals surface area contributed by atoms with E-state index in [4.69, 9.17) is 0 Å². The van der Waals surface area contributed by atoms with E-state index in [0.717, 1.165) is 10.9 Å². The minimum atomic E-state index is -0.137. The van der Waals surface area contributed by atoms with E-state index >= 15 is 0 Å². The van der Waals surface area contributed by atoms with E-state index in [0.29, 0.717) is 13.1 Å². The summed E-state index contributed by atoms with van der Waals surface area (Å²) in [6.45, 7) is 1.16. The largest absolute Gasteiger partial charge is 0.337 e. The van der Waals surface area contributed by atoms with Gasteiger partial charge in [0.2, 0.25) is 0 Å². The number of nitrogens with one attached hydrogen (secondary N) is 2. The number of benzene rings is 2. The molecule has 0 fully saturated rings. The van der Waals surface area contributed by atoms with Gasteiger partial charge in [0.25, 0.3) is 0 Å². The van der Waals surface area contributed by atoms with Crippen LogP contribution in [0.3, 0.4) is 0 Å². The van der Waals surface area contributed by atoms with E-state index in [9.17, 15) is 4.79 Å². The number of halogens is 1. The molecule has 0 aliphatic rings. The molecule has 2 aromatic rings. The van der Waals surface area contributed by atoms with E-state index in [1.165, 1.54) is 10.8 Å². The Kier molecular flexibility index (Phi) is 4.59. The lowest BCUT2D eigenvalue weighted by Crippen LogP contribution is -2.36. The first-order chi connectivity index (χ1) is 8.81. The molecule has 0 bridgehead atoms. The number of rotatable bonds is 4. The Morgan fingerprint density at radius 1 is 1.06 bits per heavy atom. The number of fused-ring (bicyclic) bond motifs is 1. The van der Waals surface area contributed by atoms with E-state index in [1.54, 1.807) is 0 Å². The summed E-state index contributed by atoms with van der Waals surface area (Å²) < 4.78 is 0. The molecule has 0 atom stereocenters. The molecule has 0 radical (unpaired) electrons. The van der Waals surface area contributed by atoms with Crippen LogP contribution >= 0.6 is 15.9 Å². The standard InChI is InChI=1S/C14H15BrN2O/c15-8-9-16-14(18)17-10-12-6-3-5-11-4-1-2-7-13(11)12/h1-7H,8-10H2,(H2,16,17,18). The maximum absolute atomic E-state index is 11.5. The van der Waals surface area contributed by atoms with Gasteiger partial charge in [-0.05, 0) is 16.3 Å². The lowest BCUT2D eigenvalue weighted by atomic mass is 10.0. The quantitative estimate of drug-likeness (QED) is 0.838. The topological polar surface area (TPSA) is 41.1 Å². The van der Waals surface area contributed by atoms with Crippen molar-refractivity contribution in [3.05, 3.63) is 48.0 Å². The molecule has 18 heavy (non-hydrogen) atoms. The second kappa shape index (κ2) is 6.40. The Morgan fingerprint density at radius 2 is 1.83 bits per heavy atom. The molecule has 0 aliphatic heterocycles. The molecule has 2 rings (SSSR count). The molecule has 0 saturated heterocycles. The van der Waals surface area contributed by atoms with Gasteiger partial charge in [0.1, 0.15) is 0 Å². The van der Waals surface area contributed by atoms with Gasteiger partial charge in [-0.1, -0.05) is 58.4 Å². The number of carbonyl (C=O) groups excluding carboxylic acids is 1. The molecule has 0 spiro atoms. The Labute approximate surface area is 115 Å². The second-order valence-electron chi connectivity index (χ2n) is 3.94. The van der Waals surface area contributed by atoms with Crippen molar-refractivity contribution in [3.8, 4) is 0 Å². The maximum atomic E-state index is 11.5. The van der Waals surface area contributed by atoms with E-state index in [2.05, 4.69) is 44.8 Å². The van der Waals surface area contributed by atoms with Crippen LogP contribution in [0.15, 0.2) is 42.5 Å². The van der Waals surface area contributed by atoms with Gasteiger partial charge >= 0.3 is 6.03 Å². The molecule has 0 saturated carbocycles. The van der Waals surface area contributed by atoms with Crippen molar-refractivity contribution in [1.82, 2.24) is 10.6 Å². The minimum absolute atomic E-state index is 0.137. The average molecular weight is 307 g/mol. The Balaban J connectivity index is 2.05. The highest BCUT2D eigenvalue weighted by molar-refractivity contribution is 9.09. The predicted octanol–water partition coefficient (Wildman–Crippen LogP) is 3.03. The Hall–Kier alpha value is -1.55. The van der Waals surface area contributed by atoms with Crippen molar-refractivity contribution in [1.29, 1.82) is 0 Å². The van der Waals surface area contributed by atoms with Crippen LogP contribution in [0.5, 0.6) is 0 Å². The van der Waals surface area contributed by atoms with Gasteiger partial charge in [0.15, 0.2) is 0 Å². The lowest BCUT2D eigenvalue weighted by Gasteiger charge is -2.09. The molecule has 0 aromatic heterocycles. The third-order valence-electron chi connectivity index (χ3n) is 2.70. The van der Waals surface area contributed by atoms with Crippen molar-refractivity contribution < 1.29 is 4.79 Å². The summed E-state index contributed by atoms with van der Waals surface area (Å²) in [6, 6.07) is 14.2. The number of hydrogen-bond acceptors (Lipinski definition) is 1. The smallest absolute Gasteiger partial charge is 0.315 e. The van der Waals surface area contributed by atoms with Crippen LogP contribution in [-0.2, 0) is 6.54 Å². The molecular formula is C14H15BrN2O. The monoisotopic (exact) mass is 306 g/mol. The zero-order chi connectivity index (χ0) is 12.8. The van der Waals surface area contributed by atoms with Gasteiger partial charge in [-0.25, -0.2) is 4.79 Å². The highest BCUT2D eigenvalue weighted by atomic mass is 79.9. The van der Waals surface area contributed by atoms with Crippen LogP contribution in [0, 0.1) is 0 Å². The first-order valence-electron chi connectivity index (χ1n) is 5.85. The molecular weight excluding hydrogens is 292 g/mol. The first kappa shape index (κ1) is 12.9. The molecule has 2 amide bonds. The van der Waals surface area contributed by atoms with Crippen molar-refractivity contribution in [2.75, 3.05) is 11.9 Å². The van der Waals surface area contributed by atoms with Crippen molar-refractivity contribution in [2.45, 2.75) is 6.54 Å². The Bertz CT molecular complexity index is 537. The fourth-order valence-corrected chi connectivity index (χ4v) is 2.04. The number of urea groups is 1. The summed E-state index contributed by atoms with van der Waals surface area (Å²) >= 11 is 3.26. The molecule has 2 aromatic carbocycles. The van der Waals surface area contributed by atoms with Crippen molar-refractivity contribution >= 4 is 32.7 Å². The molecule has 3 nitrogen and oxygen atoms in total. The zero-order valence-corrected chi connectivity index (χ0v) is 11.5. The summed E-state index contributed by atoms with van der Waals surface area (Å²) in [6.07, 6.45) is 0. The summed E-state index contributed by atoms with van der Waals surface area (Å²) in [5.74, 6) is 0. The molecule has 94 valence electrons. The van der Waals surface area contributed by atoms with Gasteiger partial charge in [0, 0.05) is 18.4 Å². The van der Waals surface area contributed by atoms with Gasteiger partial charge in [-0.2, -0.15) is 0 Å². The van der Waals surface area contributed by atoms with Gasteiger partial charge in [-0.3, -0.25) is 0 Å². The third-order valence-corrected chi connectivity index (χ3v) is 3.10. The van der Waals surface area contributed by atoms with E-state index in [-0.39, 0.29) is 6.03 Å². The van der Waals surface area contributed by atoms with Crippen molar-refractivity contribution in [2.24, 2.45) is 0 Å². The summed E-state index contributed by atoms with van der Waals surface area (Å²) in [4.78, 5) is 11.5. The van der Waals surface area contributed by atoms with Crippen molar-refractivity contribution in [3.63, 3.8) is 0 Å². The number of alkyl halides is 1. The molecule has 0 aliphatic carbocycles. The highest BCUT2D eigenvalue weighted by Crippen LogP contribution is 2.17. The fourth-order valence-electron chi connectivity index (χ4n) is 1.85. The second-order valence-corrected chi connectivity index (χ2v) is 4.73. The molecule has 0 heterocycles. The number of carbonyl (C=O) groups is 1. The zero-order valence-electron chi connectivity index (χ0n) is 9.95.